The van der Waals surface area contributed by atoms with Crippen molar-refractivity contribution in [2.75, 3.05) is 6.61 Å². The predicted octanol–water partition coefficient (Wildman–Crippen LogP) is 1.63. The van der Waals surface area contributed by atoms with Crippen LogP contribution in [0.15, 0.2) is 18.2 Å². The van der Waals surface area contributed by atoms with Crippen LogP contribution in [0.2, 0.25) is 0 Å². The maximum absolute atomic E-state index is 9.17. The molecule has 1 aromatic rings. The van der Waals surface area contributed by atoms with E-state index in [4.69, 9.17) is 5.11 Å². The van der Waals surface area contributed by atoms with Gasteiger partial charge in [0.25, 0.3) is 0 Å². The zero-order valence-corrected chi connectivity index (χ0v) is 7.25. The molecule has 2 nitrogen and oxygen atoms in total. The molecule has 1 rings (SSSR count). The number of aromatic hydroxyl groups is 1. The van der Waals surface area contributed by atoms with E-state index in [0.717, 1.165) is 18.4 Å². The molecule has 2 N–H and O–H groups in total. The zero-order valence-electron chi connectivity index (χ0n) is 7.25. The monoisotopic (exact) mass is 166 g/mol. The van der Waals surface area contributed by atoms with Crippen molar-refractivity contribution in [1.82, 2.24) is 0 Å². The Morgan fingerprint density at radius 1 is 1.33 bits per heavy atom. The lowest BCUT2D eigenvalue weighted by atomic mass is 10.0. The normalized spacial score (nSPS) is 10.2. The number of aliphatic hydroxyl groups is 1. The third kappa shape index (κ3) is 2.24. The Balaban J connectivity index is 2.75. The summed E-state index contributed by atoms with van der Waals surface area (Å²) in [5.41, 5.74) is 2.28. The number of phenols is 1. The van der Waals surface area contributed by atoms with Gasteiger partial charge in [-0.3, -0.25) is 0 Å². The van der Waals surface area contributed by atoms with E-state index in [0.29, 0.717) is 5.75 Å². The Hall–Kier alpha value is -1.02. The van der Waals surface area contributed by atoms with Crippen LogP contribution in [0.4, 0.5) is 0 Å². The lowest BCUT2D eigenvalue weighted by Crippen LogP contribution is -1.92. The second-order valence-corrected chi connectivity index (χ2v) is 2.94. The summed E-state index contributed by atoms with van der Waals surface area (Å²) in [6.45, 7) is 2.21. The fraction of sp³-hybridized carbons (Fsp3) is 0.400. The molecule has 0 unspecified atom stereocenters. The van der Waals surface area contributed by atoms with Crippen molar-refractivity contribution >= 4 is 0 Å². The summed E-state index contributed by atoms with van der Waals surface area (Å²) in [7, 11) is 0. The number of hydrogen-bond acceptors (Lipinski definition) is 2. The smallest absolute Gasteiger partial charge is 0.115 e. The van der Waals surface area contributed by atoms with Gasteiger partial charge >= 0.3 is 0 Å². The number of rotatable bonds is 3. The third-order valence-electron chi connectivity index (χ3n) is 1.94. The molecule has 0 fully saturated rings. The molecule has 66 valence electrons. The zero-order chi connectivity index (χ0) is 8.97. The first kappa shape index (κ1) is 9.07. The van der Waals surface area contributed by atoms with Crippen LogP contribution in [0.1, 0.15) is 17.5 Å². The van der Waals surface area contributed by atoms with Crippen LogP contribution in [0.25, 0.3) is 0 Å². The summed E-state index contributed by atoms with van der Waals surface area (Å²) >= 11 is 0. The highest BCUT2D eigenvalue weighted by atomic mass is 16.3. The van der Waals surface area contributed by atoms with Gasteiger partial charge in [-0.1, -0.05) is 6.07 Å². The molecule has 0 aliphatic carbocycles. The fourth-order valence-electron chi connectivity index (χ4n) is 1.20. The Kier molecular flexibility index (Phi) is 3.11. The van der Waals surface area contributed by atoms with Crippen LogP contribution in [0.5, 0.6) is 5.75 Å². The summed E-state index contributed by atoms with van der Waals surface area (Å²) in [5, 5.41) is 17.8. The Bertz CT molecular complexity index is 256. The van der Waals surface area contributed by atoms with Crippen LogP contribution in [-0.2, 0) is 6.42 Å². The Morgan fingerprint density at radius 2 is 2.08 bits per heavy atom. The molecule has 0 aliphatic heterocycles. The minimum absolute atomic E-state index is 0.203. The predicted molar refractivity (Wildman–Crippen MR) is 48.3 cm³/mol. The highest BCUT2D eigenvalue weighted by Gasteiger charge is 1.98. The molecule has 0 amide bonds. The van der Waals surface area contributed by atoms with Crippen molar-refractivity contribution in [2.45, 2.75) is 19.8 Å². The molecule has 0 atom stereocenters. The van der Waals surface area contributed by atoms with Gasteiger partial charge in [-0.2, -0.15) is 0 Å². The van der Waals surface area contributed by atoms with Gasteiger partial charge in [0.05, 0.1) is 0 Å². The molecular weight excluding hydrogens is 152 g/mol. The molecule has 0 spiro atoms. The Labute approximate surface area is 72.5 Å². The molecule has 1 aromatic carbocycles. The molecule has 0 radical (unpaired) electrons. The first-order chi connectivity index (χ1) is 5.74. The quantitative estimate of drug-likeness (QED) is 0.716. The maximum atomic E-state index is 9.17. The van der Waals surface area contributed by atoms with Crippen LogP contribution >= 0.6 is 0 Å². The lowest BCUT2D eigenvalue weighted by molar-refractivity contribution is 0.288. The molecule has 0 bridgehead atoms. The highest BCUT2D eigenvalue weighted by molar-refractivity contribution is 5.33. The Morgan fingerprint density at radius 3 is 2.75 bits per heavy atom. The van der Waals surface area contributed by atoms with E-state index in [9.17, 15) is 5.11 Å². The highest BCUT2D eigenvalue weighted by Crippen LogP contribution is 2.16. The van der Waals surface area contributed by atoms with E-state index in [1.54, 1.807) is 12.1 Å². The van der Waals surface area contributed by atoms with Crippen LogP contribution < -0.4 is 0 Å². The van der Waals surface area contributed by atoms with Gasteiger partial charge in [-0.25, -0.2) is 0 Å². The van der Waals surface area contributed by atoms with E-state index in [1.807, 2.05) is 13.0 Å². The van der Waals surface area contributed by atoms with Gasteiger partial charge in [0.15, 0.2) is 0 Å². The number of benzene rings is 1. The molecule has 0 saturated carbocycles. The number of hydrogen-bond donors (Lipinski definition) is 2. The van der Waals surface area contributed by atoms with Gasteiger partial charge in [-0.15, -0.1) is 0 Å². The molecule has 12 heavy (non-hydrogen) atoms. The summed E-state index contributed by atoms with van der Waals surface area (Å²) in [6.07, 6.45) is 1.58. The van der Waals surface area contributed by atoms with Gasteiger partial charge < -0.3 is 10.2 Å². The minimum Gasteiger partial charge on any atom is -0.508 e. The van der Waals surface area contributed by atoms with Crippen molar-refractivity contribution in [3.8, 4) is 5.75 Å². The van der Waals surface area contributed by atoms with Crippen LogP contribution in [0, 0.1) is 6.92 Å². The summed E-state index contributed by atoms with van der Waals surface area (Å²) in [4.78, 5) is 0. The molecular formula is C10H14O2. The van der Waals surface area contributed by atoms with Crippen molar-refractivity contribution in [1.29, 1.82) is 0 Å². The first-order valence-electron chi connectivity index (χ1n) is 4.13. The van der Waals surface area contributed by atoms with Gasteiger partial charge in [-0.05, 0) is 43.0 Å². The number of aliphatic hydroxyl groups excluding tert-OH is 1. The van der Waals surface area contributed by atoms with Gasteiger partial charge in [0.2, 0.25) is 0 Å². The topological polar surface area (TPSA) is 40.5 Å². The standard InChI is InChI=1S/C10H14O2/c1-8-4-5-10(12)7-9(8)3-2-6-11/h4-5,7,11-12H,2-3,6H2,1H3. The van der Waals surface area contributed by atoms with Crippen LogP contribution in [-0.4, -0.2) is 16.8 Å². The largest absolute Gasteiger partial charge is 0.508 e. The summed E-state index contributed by atoms with van der Waals surface area (Å²) < 4.78 is 0. The fourth-order valence-corrected chi connectivity index (χ4v) is 1.20. The maximum Gasteiger partial charge on any atom is 0.115 e. The molecule has 0 aliphatic rings. The molecule has 2 heteroatoms. The second kappa shape index (κ2) is 4.12. The lowest BCUT2D eigenvalue weighted by Gasteiger charge is -2.04. The van der Waals surface area contributed by atoms with Crippen molar-refractivity contribution < 1.29 is 10.2 Å². The van der Waals surface area contributed by atoms with Crippen molar-refractivity contribution in [3.05, 3.63) is 29.3 Å². The first-order valence-corrected chi connectivity index (χ1v) is 4.13. The SMILES string of the molecule is Cc1ccc(O)cc1CCCO. The van der Waals surface area contributed by atoms with E-state index in [-0.39, 0.29) is 6.61 Å². The summed E-state index contributed by atoms with van der Waals surface area (Å²) in [6, 6.07) is 5.32. The average molecular weight is 166 g/mol. The van der Waals surface area contributed by atoms with Gasteiger partial charge in [0.1, 0.15) is 5.75 Å². The van der Waals surface area contributed by atoms with Crippen molar-refractivity contribution in [2.24, 2.45) is 0 Å². The van der Waals surface area contributed by atoms with Gasteiger partial charge in [0, 0.05) is 6.61 Å². The number of phenolic OH excluding ortho intramolecular Hbond substituents is 1. The second-order valence-electron chi connectivity index (χ2n) is 2.94. The van der Waals surface area contributed by atoms with Crippen LogP contribution in [0.3, 0.4) is 0 Å². The van der Waals surface area contributed by atoms with E-state index in [1.165, 1.54) is 5.56 Å². The van der Waals surface area contributed by atoms with Crippen molar-refractivity contribution in [3.63, 3.8) is 0 Å². The van der Waals surface area contributed by atoms with E-state index in [2.05, 4.69) is 0 Å². The molecule has 0 saturated heterocycles. The van der Waals surface area contributed by atoms with E-state index < -0.39 is 0 Å². The minimum atomic E-state index is 0.203. The molecule has 0 aromatic heterocycles. The van der Waals surface area contributed by atoms with E-state index >= 15 is 0 Å². The molecule has 0 heterocycles. The number of aryl methyl sites for hydroxylation is 2. The average Bonchev–Trinajstić information content (AvgIpc) is 2.07. The third-order valence-corrected chi connectivity index (χ3v) is 1.94. The summed E-state index contributed by atoms with van der Waals surface area (Å²) in [5.74, 6) is 0.300.